The Balaban J connectivity index is 1.35. The summed E-state index contributed by atoms with van der Waals surface area (Å²) >= 11 is 1.41. The molecule has 0 saturated carbocycles. The van der Waals surface area contributed by atoms with E-state index in [9.17, 15) is 9.59 Å². The van der Waals surface area contributed by atoms with Crippen LogP contribution in [0.1, 0.15) is 15.2 Å². The Morgan fingerprint density at radius 2 is 1.90 bits per heavy atom. The van der Waals surface area contributed by atoms with Gasteiger partial charge in [0.2, 0.25) is 0 Å². The first-order valence-electron chi connectivity index (χ1n) is 9.47. The van der Waals surface area contributed by atoms with E-state index in [-0.39, 0.29) is 6.61 Å². The van der Waals surface area contributed by atoms with Gasteiger partial charge in [-0.05, 0) is 29.8 Å². The molecule has 8 heteroatoms. The second-order valence-corrected chi connectivity index (χ2v) is 7.68. The van der Waals surface area contributed by atoms with E-state index in [2.05, 4.69) is 20.6 Å². The van der Waals surface area contributed by atoms with Gasteiger partial charge >= 0.3 is 12.0 Å². The topological polar surface area (TPSA) is 94.5 Å². The van der Waals surface area contributed by atoms with Crippen molar-refractivity contribution in [1.29, 1.82) is 0 Å². The molecule has 0 unspecified atom stereocenters. The minimum absolute atomic E-state index is 0.203. The first-order valence-corrected chi connectivity index (χ1v) is 10.3. The Labute approximate surface area is 182 Å². The Morgan fingerprint density at radius 3 is 2.65 bits per heavy atom. The lowest BCUT2D eigenvalue weighted by Crippen LogP contribution is -2.14. The van der Waals surface area contributed by atoms with Gasteiger partial charge in [-0.3, -0.25) is 10.1 Å². The van der Waals surface area contributed by atoms with Gasteiger partial charge < -0.3 is 4.74 Å². The van der Waals surface area contributed by atoms with Gasteiger partial charge in [0.1, 0.15) is 18.5 Å². The summed E-state index contributed by atoms with van der Waals surface area (Å²) < 4.78 is 5.25. The number of hydrogen-bond donors (Lipinski definition) is 2. The molecule has 0 aliphatic carbocycles. The number of benzene rings is 2. The average Bonchev–Trinajstić information content (AvgIpc) is 3.29. The molecule has 0 aliphatic rings. The predicted octanol–water partition coefficient (Wildman–Crippen LogP) is 4.93. The maximum Gasteiger partial charge on any atom is 0.411 e. The standard InChI is InChI=1S/C23H18N4O3S/c28-14-20-9-10-21(31-20)17-12-24-22(25-13-17)26-18-7-4-8-19(11-18)27-23(29)30-15-16-5-2-1-3-6-16/h1-14H,15H2,(H,27,29)(H,24,25,26)/p+1. The quantitative estimate of drug-likeness (QED) is 0.405. The third kappa shape index (κ3) is 5.52. The van der Waals surface area contributed by atoms with Gasteiger partial charge in [-0.2, -0.15) is 0 Å². The number of anilines is 3. The molecule has 0 saturated heterocycles. The summed E-state index contributed by atoms with van der Waals surface area (Å²) in [7, 11) is 0. The third-order valence-corrected chi connectivity index (χ3v) is 5.37. The molecule has 2 aromatic carbocycles. The molecule has 4 aromatic rings. The lowest BCUT2D eigenvalue weighted by molar-refractivity contribution is -0.363. The summed E-state index contributed by atoms with van der Waals surface area (Å²) in [6.07, 6.45) is 3.85. The molecule has 2 aromatic heterocycles. The second-order valence-electron chi connectivity index (χ2n) is 6.56. The van der Waals surface area contributed by atoms with Crippen molar-refractivity contribution in [2.45, 2.75) is 6.61 Å². The Hall–Kier alpha value is -4.04. The fraction of sp³-hybridized carbons (Fsp3) is 0.0435. The normalized spacial score (nSPS) is 10.3. The number of ether oxygens (including phenoxy) is 1. The first kappa shape index (κ1) is 20.2. The van der Waals surface area contributed by atoms with Crippen molar-refractivity contribution in [1.82, 2.24) is 4.98 Å². The fourth-order valence-electron chi connectivity index (χ4n) is 2.82. The van der Waals surface area contributed by atoms with Gasteiger partial charge in [0.25, 0.3) is 0 Å². The monoisotopic (exact) mass is 431 g/mol. The lowest BCUT2D eigenvalue weighted by atomic mass is 10.2. The molecular formula is C23H19N4O3S+. The van der Waals surface area contributed by atoms with E-state index in [1.165, 1.54) is 11.3 Å². The van der Waals surface area contributed by atoms with Gasteiger partial charge in [0.05, 0.1) is 16.6 Å². The summed E-state index contributed by atoms with van der Waals surface area (Å²) in [5.41, 5.74) is 3.15. The largest absolute Gasteiger partial charge is 0.444 e. The van der Waals surface area contributed by atoms with Crippen molar-refractivity contribution < 1.29 is 19.3 Å². The van der Waals surface area contributed by atoms with Crippen LogP contribution >= 0.6 is 11.3 Å². The molecule has 0 aliphatic heterocycles. The van der Waals surface area contributed by atoms with E-state index in [0.717, 1.165) is 28.0 Å². The maximum atomic E-state index is 12.1. The van der Waals surface area contributed by atoms with Crippen LogP contribution in [0.15, 0.2) is 79.1 Å². The maximum absolute atomic E-state index is 12.1. The molecule has 0 radical (unpaired) electrons. The van der Waals surface area contributed by atoms with Gasteiger partial charge in [-0.25, -0.2) is 15.1 Å². The zero-order chi connectivity index (χ0) is 21.5. The number of hydrogen-bond acceptors (Lipinski definition) is 6. The van der Waals surface area contributed by atoms with E-state index < -0.39 is 6.09 Å². The summed E-state index contributed by atoms with van der Waals surface area (Å²) in [5, 5.41) is 5.88. The fourth-order valence-corrected chi connectivity index (χ4v) is 3.62. The van der Waals surface area contributed by atoms with E-state index in [0.29, 0.717) is 16.5 Å². The van der Waals surface area contributed by atoms with Crippen molar-refractivity contribution in [2.24, 2.45) is 0 Å². The number of carbonyl (C=O) groups is 2. The SMILES string of the molecule is O=Cc1ccc(-c2cnc(Nc3cccc(NC(=O)OCc4ccccc4)c3)[nH+]c2)s1. The van der Waals surface area contributed by atoms with Gasteiger partial charge in [-0.1, -0.05) is 41.4 Å². The minimum atomic E-state index is -0.527. The zero-order valence-electron chi connectivity index (χ0n) is 16.4. The van der Waals surface area contributed by atoms with Gasteiger partial charge in [-0.15, -0.1) is 11.3 Å². The Morgan fingerprint density at radius 1 is 1.06 bits per heavy atom. The van der Waals surface area contributed by atoms with Gasteiger partial charge in [0, 0.05) is 16.6 Å². The van der Waals surface area contributed by atoms with E-state index in [1.54, 1.807) is 24.4 Å². The van der Waals surface area contributed by atoms with E-state index in [1.807, 2.05) is 54.7 Å². The van der Waals surface area contributed by atoms with Gasteiger partial charge in [0.15, 0.2) is 6.29 Å². The van der Waals surface area contributed by atoms with E-state index >= 15 is 0 Å². The Bertz CT molecular complexity index is 1180. The second kappa shape index (κ2) is 9.64. The molecule has 7 nitrogen and oxygen atoms in total. The summed E-state index contributed by atoms with van der Waals surface area (Å²) in [5.74, 6) is 0.541. The van der Waals surface area contributed by atoms with Crippen LogP contribution in [0.2, 0.25) is 0 Å². The summed E-state index contributed by atoms with van der Waals surface area (Å²) in [6.45, 7) is 0.203. The van der Waals surface area contributed by atoms with Crippen LogP contribution in [0.4, 0.5) is 22.1 Å². The number of aromatic amines is 1. The first-order chi connectivity index (χ1) is 15.2. The number of rotatable bonds is 7. The predicted molar refractivity (Wildman–Crippen MR) is 119 cm³/mol. The Kier molecular flexibility index (Phi) is 6.29. The number of carbonyl (C=O) groups excluding carboxylic acids is 2. The van der Waals surface area contributed by atoms with Crippen molar-refractivity contribution >= 4 is 41.0 Å². The zero-order valence-corrected chi connectivity index (χ0v) is 17.2. The number of aromatic nitrogens is 2. The average molecular weight is 431 g/mol. The number of nitrogens with one attached hydrogen (secondary N) is 3. The van der Waals surface area contributed by atoms with Crippen molar-refractivity contribution in [3.8, 4) is 10.4 Å². The molecule has 0 spiro atoms. The number of amides is 1. The van der Waals surface area contributed by atoms with Crippen LogP contribution in [0, 0.1) is 0 Å². The molecule has 1 amide bonds. The highest BCUT2D eigenvalue weighted by Crippen LogP contribution is 2.26. The van der Waals surface area contributed by atoms with Crippen molar-refractivity contribution in [3.05, 3.63) is 89.6 Å². The lowest BCUT2D eigenvalue weighted by Gasteiger charge is -2.08. The molecule has 154 valence electrons. The van der Waals surface area contributed by atoms with Crippen LogP contribution in [0.5, 0.6) is 0 Å². The molecule has 0 atom stereocenters. The highest BCUT2D eigenvalue weighted by atomic mass is 32.1. The molecule has 3 N–H and O–H groups in total. The number of H-pyrrole nitrogens is 1. The molecule has 2 heterocycles. The van der Waals surface area contributed by atoms with Crippen LogP contribution < -0.4 is 15.6 Å². The molecule has 0 fully saturated rings. The smallest absolute Gasteiger partial charge is 0.411 e. The molecule has 31 heavy (non-hydrogen) atoms. The van der Waals surface area contributed by atoms with Crippen LogP contribution in [0.25, 0.3) is 10.4 Å². The van der Waals surface area contributed by atoms with Crippen LogP contribution in [-0.4, -0.2) is 17.4 Å². The number of thiophene rings is 1. The van der Waals surface area contributed by atoms with E-state index in [4.69, 9.17) is 4.74 Å². The third-order valence-electron chi connectivity index (χ3n) is 4.31. The highest BCUT2D eigenvalue weighted by Gasteiger charge is 2.10. The van der Waals surface area contributed by atoms with Crippen LogP contribution in [-0.2, 0) is 11.3 Å². The highest BCUT2D eigenvalue weighted by molar-refractivity contribution is 7.17. The minimum Gasteiger partial charge on any atom is -0.444 e. The summed E-state index contributed by atoms with van der Waals surface area (Å²) in [6, 6.07) is 20.4. The van der Waals surface area contributed by atoms with Crippen molar-refractivity contribution in [3.63, 3.8) is 0 Å². The van der Waals surface area contributed by atoms with Crippen LogP contribution in [0.3, 0.4) is 0 Å². The number of aldehydes is 1. The molecule has 0 bridgehead atoms. The number of nitrogens with zero attached hydrogens (tertiary/aromatic N) is 1. The summed E-state index contributed by atoms with van der Waals surface area (Å²) in [4.78, 5) is 32.0. The van der Waals surface area contributed by atoms with Crippen molar-refractivity contribution in [2.75, 3.05) is 10.6 Å². The molecule has 4 rings (SSSR count). The molecular weight excluding hydrogens is 412 g/mol.